The maximum Gasteiger partial charge on any atom is 0.264 e. The monoisotopic (exact) mass is 695 g/mol. The van der Waals surface area contributed by atoms with Crippen LogP contribution in [0.4, 0.5) is 5.69 Å². The van der Waals surface area contributed by atoms with Crippen LogP contribution in [0.25, 0.3) is 0 Å². The molecule has 0 fully saturated rings. The summed E-state index contributed by atoms with van der Waals surface area (Å²) >= 11 is 9.96. The lowest BCUT2D eigenvalue weighted by atomic mass is 10.0. The van der Waals surface area contributed by atoms with Gasteiger partial charge < -0.3 is 10.2 Å². The number of nitrogens with zero attached hydrogens (tertiary/aromatic N) is 2. The van der Waals surface area contributed by atoms with Crippen molar-refractivity contribution in [1.29, 1.82) is 0 Å². The summed E-state index contributed by atoms with van der Waals surface area (Å²) in [4.78, 5) is 29.8. The largest absolute Gasteiger partial charge is 0.352 e. The zero-order valence-corrected chi connectivity index (χ0v) is 27.7. The fourth-order valence-electron chi connectivity index (χ4n) is 4.67. The number of benzene rings is 4. The highest BCUT2D eigenvalue weighted by Crippen LogP contribution is 2.31. The molecule has 0 saturated carbocycles. The van der Waals surface area contributed by atoms with E-state index in [0.29, 0.717) is 6.42 Å². The zero-order valence-electron chi connectivity index (χ0n) is 24.6. The number of halogens is 2. The zero-order chi connectivity index (χ0) is 31.7. The van der Waals surface area contributed by atoms with E-state index in [9.17, 15) is 18.0 Å². The molecule has 1 N–H and O–H groups in total. The second kappa shape index (κ2) is 15.4. The lowest BCUT2D eigenvalue weighted by Gasteiger charge is -2.34. The van der Waals surface area contributed by atoms with Gasteiger partial charge in [-0.15, -0.1) is 0 Å². The predicted molar refractivity (Wildman–Crippen MR) is 179 cm³/mol. The average molecular weight is 697 g/mol. The Balaban J connectivity index is 1.81. The van der Waals surface area contributed by atoms with Crippen molar-refractivity contribution in [3.63, 3.8) is 0 Å². The van der Waals surface area contributed by atoms with E-state index in [1.54, 1.807) is 42.5 Å². The Bertz CT molecular complexity index is 1660. The quantitative estimate of drug-likeness (QED) is 0.166. The summed E-state index contributed by atoms with van der Waals surface area (Å²) in [6.07, 6.45) is 0.947. The van der Waals surface area contributed by atoms with Crippen LogP contribution in [-0.4, -0.2) is 43.8 Å². The maximum absolute atomic E-state index is 14.5. The van der Waals surface area contributed by atoms with Crippen molar-refractivity contribution in [2.75, 3.05) is 10.8 Å². The van der Waals surface area contributed by atoms with Crippen LogP contribution in [0.2, 0.25) is 5.02 Å². The SMILES string of the molecule is CC[C@H](C)NC(=O)[C@H](Cc1ccccc1)N(Cc1ccc(Br)cc1)C(=O)CN(c1ccccc1Cl)S(=O)(=O)c1ccccc1. The van der Waals surface area contributed by atoms with Gasteiger partial charge in [0, 0.05) is 23.5 Å². The van der Waals surface area contributed by atoms with Gasteiger partial charge in [0.1, 0.15) is 12.6 Å². The van der Waals surface area contributed by atoms with Crippen LogP contribution < -0.4 is 9.62 Å². The molecule has 10 heteroatoms. The Labute approximate surface area is 273 Å². The second-order valence-corrected chi connectivity index (χ2v) is 13.6. The van der Waals surface area contributed by atoms with Crippen molar-refractivity contribution in [2.24, 2.45) is 0 Å². The molecule has 44 heavy (non-hydrogen) atoms. The molecule has 0 aliphatic rings. The second-order valence-electron chi connectivity index (χ2n) is 10.4. The van der Waals surface area contributed by atoms with Crippen LogP contribution in [0, 0.1) is 0 Å². The Morgan fingerprint density at radius 2 is 1.43 bits per heavy atom. The van der Waals surface area contributed by atoms with E-state index >= 15 is 0 Å². The fourth-order valence-corrected chi connectivity index (χ4v) is 6.67. The number of rotatable bonds is 13. The molecule has 0 radical (unpaired) electrons. The van der Waals surface area contributed by atoms with E-state index in [-0.39, 0.29) is 40.5 Å². The van der Waals surface area contributed by atoms with Gasteiger partial charge in [-0.3, -0.25) is 13.9 Å². The van der Waals surface area contributed by atoms with Crippen LogP contribution in [0.3, 0.4) is 0 Å². The first-order chi connectivity index (χ1) is 21.1. The Morgan fingerprint density at radius 1 is 0.841 bits per heavy atom. The van der Waals surface area contributed by atoms with Gasteiger partial charge >= 0.3 is 0 Å². The molecule has 0 saturated heterocycles. The third-order valence-electron chi connectivity index (χ3n) is 7.27. The van der Waals surface area contributed by atoms with Gasteiger partial charge in [-0.05, 0) is 60.9 Å². The predicted octanol–water partition coefficient (Wildman–Crippen LogP) is 6.85. The molecule has 0 bridgehead atoms. The number of anilines is 1. The number of nitrogens with one attached hydrogen (secondary N) is 1. The number of hydrogen-bond acceptors (Lipinski definition) is 4. The number of para-hydroxylation sites is 1. The van der Waals surface area contributed by atoms with Crippen LogP contribution in [0.5, 0.6) is 0 Å². The van der Waals surface area contributed by atoms with Gasteiger partial charge in [-0.25, -0.2) is 8.42 Å². The van der Waals surface area contributed by atoms with E-state index in [0.717, 1.165) is 19.9 Å². The van der Waals surface area contributed by atoms with Gasteiger partial charge in [-0.2, -0.15) is 0 Å². The Kier molecular flexibility index (Phi) is 11.6. The molecule has 0 heterocycles. The van der Waals surface area contributed by atoms with E-state index in [1.807, 2.05) is 68.4 Å². The molecule has 2 amide bonds. The van der Waals surface area contributed by atoms with Crippen LogP contribution in [0.1, 0.15) is 31.4 Å². The van der Waals surface area contributed by atoms with Gasteiger partial charge in [-0.1, -0.05) is 107 Å². The van der Waals surface area contributed by atoms with Crippen molar-refractivity contribution < 1.29 is 18.0 Å². The summed E-state index contributed by atoms with van der Waals surface area (Å²) in [6, 6.07) is 30.3. The summed E-state index contributed by atoms with van der Waals surface area (Å²) in [6.45, 7) is 3.39. The highest BCUT2D eigenvalue weighted by atomic mass is 79.9. The Hall–Kier alpha value is -3.66. The molecule has 4 aromatic rings. The minimum absolute atomic E-state index is 0.0162. The van der Waals surface area contributed by atoms with Crippen LogP contribution in [0.15, 0.2) is 119 Å². The minimum atomic E-state index is -4.22. The number of carbonyl (C=O) groups is 2. The van der Waals surface area contributed by atoms with Gasteiger partial charge in [0.15, 0.2) is 0 Å². The normalized spacial score (nSPS) is 12.6. The molecule has 0 unspecified atom stereocenters. The van der Waals surface area contributed by atoms with Crippen molar-refractivity contribution >= 4 is 55.1 Å². The first kappa shape index (κ1) is 33.2. The average Bonchev–Trinajstić information content (AvgIpc) is 3.03. The molecule has 0 spiro atoms. The first-order valence-electron chi connectivity index (χ1n) is 14.3. The van der Waals surface area contributed by atoms with E-state index < -0.39 is 28.5 Å². The molecule has 4 aromatic carbocycles. The topological polar surface area (TPSA) is 86.8 Å². The van der Waals surface area contributed by atoms with Crippen molar-refractivity contribution in [2.45, 2.75) is 50.2 Å². The van der Waals surface area contributed by atoms with Crippen molar-refractivity contribution in [1.82, 2.24) is 10.2 Å². The molecular formula is C34H35BrClN3O4S. The van der Waals surface area contributed by atoms with Gasteiger partial charge in [0.25, 0.3) is 10.0 Å². The lowest BCUT2D eigenvalue weighted by molar-refractivity contribution is -0.140. The van der Waals surface area contributed by atoms with Gasteiger partial charge in [0.2, 0.25) is 11.8 Å². The summed E-state index contributed by atoms with van der Waals surface area (Å²) in [5.74, 6) is -0.864. The maximum atomic E-state index is 14.5. The standard InChI is InChI=1S/C34H35BrClN3O4S/c1-3-25(2)37-34(41)32(22-26-12-6-4-7-13-26)38(23-27-18-20-28(35)21-19-27)33(40)24-39(31-17-11-10-16-30(31)36)44(42,43)29-14-8-5-9-15-29/h4-21,25,32H,3,22-24H2,1-2H3,(H,37,41)/t25-,32-/m0/s1. The first-order valence-corrected chi connectivity index (χ1v) is 16.9. The lowest BCUT2D eigenvalue weighted by Crippen LogP contribution is -2.54. The summed E-state index contributed by atoms with van der Waals surface area (Å²) in [5.41, 5.74) is 1.81. The molecular weight excluding hydrogens is 662 g/mol. The van der Waals surface area contributed by atoms with Crippen LogP contribution >= 0.6 is 27.5 Å². The minimum Gasteiger partial charge on any atom is -0.352 e. The fraction of sp³-hybridized carbons (Fsp3) is 0.235. The molecule has 0 aliphatic carbocycles. The molecule has 4 rings (SSSR count). The summed E-state index contributed by atoms with van der Waals surface area (Å²) < 4.78 is 30.0. The molecule has 2 atom stereocenters. The smallest absolute Gasteiger partial charge is 0.264 e. The molecule has 230 valence electrons. The number of sulfonamides is 1. The molecule has 7 nitrogen and oxygen atoms in total. The van der Waals surface area contributed by atoms with Crippen LogP contribution in [-0.2, 0) is 32.6 Å². The summed E-state index contributed by atoms with van der Waals surface area (Å²) in [7, 11) is -4.22. The molecule has 0 aliphatic heterocycles. The number of hydrogen-bond donors (Lipinski definition) is 1. The van der Waals surface area contributed by atoms with E-state index in [4.69, 9.17) is 11.6 Å². The number of amides is 2. The van der Waals surface area contributed by atoms with Gasteiger partial charge in [0.05, 0.1) is 15.6 Å². The summed E-state index contributed by atoms with van der Waals surface area (Å²) in [5, 5.41) is 3.21. The van der Waals surface area contributed by atoms with Crippen molar-refractivity contribution in [3.05, 3.63) is 130 Å². The third-order valence-corrected chi connectivity index (χ3v) is 9.89. The highest BCUT2D eigenvalue weighted by Gasteiger charge is 2.35. The van der Waals surface area contributed by atoms with E-state index in [2.05, 4.69) is 21.2 Å². The highest BCUT2D eigenvalue weighted by molar-refractivity contribution is 9.10. The Morgan fingerprint density at radius 3 is 2.05 bits per heavy atom. The van der Waals surface area contributed by atoms with E-state index in [1.165, 1.54) is 17.0 Å². The third kappa shape index (κ3) is 8.49. The van der Waals surface area contributed by atoms with Crippen molar-refractivity contribution in [3.8, 4) is 0 Å². The number of carbonyl (C=O) groups excluding carboxylic acids is 2. The molecule has 0 aromatic heterocycles.